The highest BCUT2D eigenvalue weighted by atomic mass is 35.5. The van der Waals surface area contributed by atoms with E-state index in [2.05, 4.69) is 5.32 Å². The molecule has 1 heterocycles. The van der Waals surface area contributed by atoms with Crippen molar-refractivity contribution in [2.24, 2.45) is 5.92 Å². The largest absolute Gasteiger partial charge is 0.483 e. The second kappa shape index (κ2) is 7.66. The van der Waals surface area contributed by atoms with Crippen molar-refractivity contribution in [2.75, 3.05) is 33.3 Å². The highest BCUT2D eigenvalue weighted by Gasteiger charge is 2.23. The molecule has 1 aliphatic rings. The molecule has 1 N–H and O–H groups in total. The number of carbonyl (C=O) groups is 1. The van der Waals surface area contributed by atoms with Crippen LogP contribution in [-0.4, -0.2) is 44.1 Å². The van der Waals surface area contributed by atoms with Crippen LogP contribution in [0.25, 0.3) is 0 Å². The summed E-state index contributed by atoms with van der Waals surface area (Å²) in [5.74, 6) is 1.27. The molecule has 1 aromatic rings. The Labute approximate surface area is 131 Å². The summed E-state index contributed by atoms with van der Waals surface area (Å²) in [5, 5.41) is 3.84. The summed E-state index contributed by atoms with van der Waals surface area (Å²) in [4.78, 5) is 14.2. The smallest absolute Gasteiger partial charge is 0.260 e. The number of nitrogens with one attached hydrogen (secondary N) is 1. The van der Waals surface area contributed by atoms with E-state index in [9.17, 15) is 4.79 Å². The van der Waals surface area contributed by atoms with Crippen molar-refractivity contribution in [1.29, 1.82) is 0 Å². The Hall–Kier alpha value is -1.26. The predicted octanol–water partition coefficient (Wildman–Crippen LogP) is 2.49. The van der Waals surface area contributed by atoms with Crippen LogP contribution in [-0.2, 0) is 4.79 Å². The molecule has 1 aliphatic heterocycles. The van der Waals surface area contributed by atoms with Crippen LogP contribution in [0.3, 0.4) is 0 Å². The number of halogens is 1. The highest BCUT2D eigenvalue weighted by molar-refractivity contribution is 6.31. The summed E-state index contributed by atoms with van der Waals surface area (Å²) in [6.45, 7) is 4.58. The standard InChI is InChI=1S/C16H23ClN2O2/c1-12-14(17)6-3-7-15(12)21-11-16(20)19-8-4-5-13(10-19)9-18-2/h3,6-7,13,18H,4-5,8-11H2,1-2H3/t13-/m0/s1. The van der Waals surface area contributed by atoms with E-state index in [0.29, 0.717) is 16.7 Å². The molecule has 5 heteroatoms. The van der Waals surface area contributed by atoms with Crippen LogP contribution in [0.5, 0.6) is 5.75 Å². The number of amides is 1. The fourth-order valence-corrected chi connectivity index (χ4v) is 2.89. The van der Waals surface area contributed by atoms with Gasteiger partial charge in [0.05, 0.1) is 0 Å². The normalized spacial score (nSPS) is 18.6. The number of hydrogen-bond donors (Lipinski definition) is 1. The van der Waals surface area contributed by atoms with E-state index in [4.69, 9.17) is 16.3 Å². The first kappa shape index (κ1) is 16.1. The lowest BCUT2D eigenvalue weighted by Crippen LogP contribution is -2.44. The third kappa shape index (κ3) is 4.35. The van der Waals surface area contributed by atoms with Crippen molar-refractivity contribution in [1.82, 2.24) is 10.2 Å². The van der Waals surface area contributed by atoms with E-state index in [1.807, 2.05) is 37.1 Å². The lowest BCUT2D eigenvalue weighted by atomic mass is 9.98. The van der Waals surface area contributed by atoms with Gasteiger partial charge in [-0.2, -0.15) is 0 Å². The third-order valence-electron chi connectivity index (χ3n) is 3.93. The predicted molar refractivity (Wildman–Crippen MR) is 84.9 cm³/mol. The monoisotopic (exact) mass is 310 g/mol. The van der Waals surface area contributed by atoms with Gasteiger partial charge in [-0.05, 0) is 51.4 Å². The molecular formula is C16H23ClN2O2. The van der Waals surface area contributed by atoms with Crippen molar-refractivity contribution >= 4 is 17.5 Å². The number of hydrogen-bond acceptors (Lipinski definition) is 3. The molecule has 0 aliphatic carbocycles. The Morgan fingerprint density at radius 1 is 1.52 bits per heavy atom. The fourth-order valence-electron chi connectivity index (χ4n) is 2.72. The summed E-state index contributed by atoms with van der Waals surface area (Å²) < 4.78 is 5.64. The maximum Gasteiger partial charge on any atom is 0.260 e. The van der Waals surface area contributed by atoms with Crippen LogP contribution in [0.1, 0.15) is 18.4 Å². The molecule has 0 saturated carbocycles. The SMILES string of the molecule is CNC[C@@H]1CCCN(C(=O)COc2cccc(Cl)c2C)C1. The molecular weight excluding hydrogens is 288 g/mol. The third-order valence-corrected chi connectivity index (χ3v) is 4.34. The minimum absolute atomic E-state index is 0.0511. The average Bonchev–Trinajstić information content (AvgIpc) is 2.49. The molecule has 1 aromatic carbocycles. The van der Waals surface area contributed by atoms with E-state index in [1.165, 1.54) is 6.42 Å². The van der Waals surface area contributed by atoms with E-state index in [1.54, 1.807) is 0 Å². The lowest BCUT2D eigenvalue weighted by Gasteiger charge is -2.32. The van der Waals surface area contributed by atoms with Gasteiger partial charge in [0.25, 0.3) is 5.91 Å². The molecule has 0 aromatic heterocycles. The molecule has 0 bridgehead atoms. The molecule has 116 valence electrons. The quantitative estimate of drug-likeness (QED) is 0.908. The topological polar surface area (TPSA) is 41.6 Å². The maximum absolute atomic E-state index is 12.3. The second-order valence-corrected chi connectivity index (χ2v) is 5.96. The first-order valence-corrected chi connectivity index (χ1v) is 7.80. The Balaban J connectivity index is 1.88. The van der Waals surface area contributed by atoms with Gasteiger partial charge in [0.1, 0.15) is 5.75 Å². The van der Waals surface area contributed by atoms with E-state index in [0.717, 1.165) is 31.6 Å². The van der Waals surface area contributed by atoms with Crippen LogP contribution >= 0.6 is 11.6 Å². The minimum atomic E-state index is 0.0511. The van der Waals surface area contributed by atoms with Crippen LogP contribution in [0.4, 0.5) is 0 Å². The average molecular weight is 311 g/mol. The first-order chi connectivity index (χ1) is 10.1. The van der Waals surface area contributed by atoms with Gasteiger partial charge < -0.3 is 15.0 Å². The summed E-state index contributed by atoms with van der Waals surface area (Å²) >= 11 is 6.05. The number of benzene rings is 1. The van der Waals surface area contributed by atoms with Gasteiger partial charge in [0, 0.05) is 23.7 Å². The maximum atomic E-state index is 12.3. The number of piperidine rings is 1. The summed E-state index contributed by atoms with van der Waals surface area (Å²) in [7, 11) is 1.95. The lowest BCUT2D eigenvalue weighted by molar-refractivity contribution is -0.135. The van der Waals surface area contributed by atoms with Crippen molar-refractivity contribution in [3.63, 3.8) is 0 Å². The number of nitrogens with zero attached hydrogens (tertiary/aromatic N) is 1. The molecule has 1 atom stereocenters. The highest BCUT2D eigenvalue weighted by Crippen LogP contribution is 2.25. The molecule has 0 unspecified atom stereocenters. The molecule has 0 radical (unpaired) electrons. The van der Waals surface area contributed by atoms with Gasteiger partial charge in [-0.25, -0.2) is 0 Å². The Bertz CT molecular complexity index is 491. The molecule has 0 spiro atoms. The van der Waals surface area contributed by atoms with Crippen molar-refractivity contribution < 1.29 is 9.53 Å². The molecule has 1 fully saturated rings. The molecule has 1 saturated heterocycles. The zero-order valence-corrected chi connectivity index (χ0v) is 13.4. The summed E-state index contributed by atoms with van der Waals surface area (Å²) in [5.41, 5.74) is 0.874. The van der Waals surface area contributed by atoms with Gasteiger partial charge in [0.15, 0.2) is 6.61 Å². The van der Waals surface area contributed by atoms with E-state index < -0.39 is 0 Å². The molecule has 2 rings (SSSR count). The Morgan fingerprint density at radius 2 is 2.33 bits per heavy atom. The van der Waals surface area contributed by atoms with Crippen molar-refractivity contribution in [3.8, 4) is 5.75 Å². The summed E-state index contributed by atoms with van der Waals surface area (Å²) in [6.07, 6.45) is 2.24. The van der Waals surface area contributed by atoms with Crippen LogP contribution < -0.4 is 10.1 Å². The van der Waals surface area contributed by atoms with Crippen LogP contribution in [0.15, 0.2) is 18.2 Å². The minimum Gasteiger partial charge on any atom is -0.483 e. The van der Waals surface area contributed by atoms with Crippen molar-refractivity contribution in [3.05, 3.63) is 28.8 Å². The zero-order valence-electron chi connectivity index (χ0n) is 12.7. The van der Waals surface area contributed by atoms with Crippen molar-refractivity contribution in [2.45, 2.75) is 19.8 Å². The molecule has 21 heavy (non-hydrogen) atoms. The number of likely N-dealkylation sites (tertiary alicyclic amines) is 1. The fraction of sp³-hybridized carbons (Fsp3) is 0.562. The van der Waals surface area contributed by atoms with Gasteiger partial charge in [0.2, 0.25) is 0 Å². The van der Waals surface area contributed by atoms with Crippen LogP contribution in [0, 0.1) is 12.8 Å². The van der Waals surface area contributed by atoms with Crippen LogP contribution in [0.2, 0.25) is 5.02 Å². The Kier molecular flexibility index (Phi) is 5.88. The number of ether oxygens (including phenoxy) is 1. The van der Waals surface area contributed by atoms with E-state index >= 15 is 0 Å². The van der Waals surface area contributed by atoms with E-state index in [-0.39, 0.29) is 12.5 Å². The Morgan fingerprint density at radius 3 is 3.10 bits per heavy atom. The van der Waals surface area contributed by atoms with Gasteiger partial charge >= 0.3 is 0 Å². The zero-order chi connectivity index (χ0) is 15.2. The molecule has 1 amide bonds. The summed E-state index contributed by atoms with van der Waals surface area (Å²) in [6, 6.07) is 5.49. The van der Waals surface area contributed by atoms with Gasteiger partial charge in [-0.15, -0.1) is 0 Å². The number of rotatable bonds is 5. The molecule has 4 nitrogen and oxygen atoms in total. The van der Waals surface area contributed by atoms with Gasteiger partial charge in [-0.1, -0.05) is 17.7 Å². The first-order valence-electron chi connectivity index (χ1n) is 7.42. The van der Waals surface area contributed by atoms with Gasteiger partial charge in [-0.3, -0.25) is 4.79 Å². The second-order valence-electron chi connectivity index (χ2n) is 5.56. The number of carbonyl (C=O) groups excluding carboxylic acids is 1.